The first-order valence-electron chi connectivity index (χ1n) is 6.74. The first-order chi connectivity index (χ1) is 9.68. The standard InChI is InChI=1S/C17H19NO2/c1-13(17(19)20)12-18-16(14-8-4-2-5-9-14)15-10-6-3-7-11-15/h2-11,13,16,18H,12H2,1H3,(H,19,20). The van der Waals surface area contributed by atoms with Crippen molar-refractivity contribution in [2.75, 3.05) is 6.54 Å². The minimum Gasteiger partial charge on any atom is -0.481 e. The molecule has 2 aromatic rings. The van der Waals surface area contributed by atoms with Crippen molar-refractivity contribution in [3.05, 3.63) is 71.8 Å². The van der Waals surface area contributed by atoms with Crippen LogP contribution in [0.25, 0.3) is 0 Å². The minimum atomic E-state index is -0.780. The van der Waals surface area contributed by atoms with Gasteiger partial charge in [-0.05, 0) is 11.1 Å². The van der Waals surface area contributed by atoms with E-state index in [-0.39, 0.29) is 6.04 Å². The van der Waals surface area contributed by atoms with E-state index in [4.69, 9.17) is 5.11 Å². The Morgan fingerprint density at radius 2 is 1.45 bits per heavy atom. The Labute approximate surface area is 119 Å². The van der Waals surface area contributed by atoms with Crippen LogP contribution in [0.2, 0.25) is 0 Å². The van der Waals surface area contributed by atoms with Crippen molar-refractivity contribution in [1.82, 2.24) is 5.32 Å². The van der Waals surface area contributed by atoms with Gasteiger partial charge in [-0.2, -0.15) is 0 Å². The molecule has 0 heterocycles. The maximum atomic E-state index is 10.9. The molecule has 104 valence electrons. The Bertz CT molecular complexity index is 500. The van der Waals surface area contributed by atoms with Crippen LogP contribution in [0.5, 0.6) is 0 Å². The number of nitrogens with one attached hydrogen (secondary N) is 1. The summed E-state index contributed by atoms with van der Waals surface area (Å²) in [4.78, 5) is 10.9. The lowest BCUT2D eigenvalue weighted by Crippen LogP contribution is -2.30. The summed E-state index contributed by atoms with van der Waals surface area (Å²) in [7, 11) is 0. The quantitative estimate of drug-likeness (QED) is 0.847. The molecule has 3 heteroatoms. The van der Waals surface area contributed by atoms with Gasteiger partial charge in [-0.1, -0.05) is 67.6 Å². The molecule has 0 saturated heterocycles. The number of carbonyl (C=O) groups is 1. The molecule has 0 aliphatic carbocycles. The van der Waals surface area contributed by atoms with Crippen molar-refractivity contribution in [1.29, 1.82) is 0 Å². The fraction of sp³-hybridized carbons (Fsp3) is 0.235. The van der Waals surface area contributed by atoms with E-state index in [0.717, 1.165) is 11.1 Å². The molecular weight excluding hydrogens is 250 g/mol. The van der Waals surface area contributed by atoms with E-state index < -0.39 is 11.9 Å². The first-order valence-corrected chi connectivity index (χ1v) is 6.74. The number of carboxylic acids is 1. The average molecular weight is 269 g/mol. The van der Waals surface area contributed by atoms with Gasteiger partial charge in [0.1, 0.15) is 0 Å². The van der Waals surface area contributed by atoms with Gasteiger partial charge in [0.05, 0.1) is 12.0 Å². The smallest absolute Gasteiger partial charge is 0.307 e. The lowest BCUT2D eigenvalue weighted by atomic mass is 9.98. The van der Waals surface area contributed by atoms with E-state index in [1.54, 1.807) is 6.92 Å². The van der Waals surface area contributed by atoms with Gasteiger partial charge in [0.2, 0.25) is 0 Å². The molecule has 0 saturated carbocycles. The first kappa shape index (κ1) is 14.3. The van der Waals surface area contributed by atoms with Crippen LogP contribution in [0.1, 0.15) is 24.1 Å². The molecular formula is C17H19NO2. The van der Waals surface area contributed by atoms with E-state index in [2.05, 4.69) is 29.6 Å². The molecule has 2 N–H and O–H groups in total. The summed E-state index contributed by atoms with van der Waals surface area (Å²) in [5.74, 6) is -1.19. The van der Waals surface area contributed by atoms with Gasteiger partial charge < -0.3 is 10.4 Å². The minimum absolute atomic E-state index is 0.0131. The van der Waals surface area contributed by atoms with E-state index >= 15 is 0 Å². The maximum Gasteiger partial charge on any atom is 0.307 e. The highest BCUT2D eigenvalue weighted by molar-refractivity contribution is 5.69. The van der Waals surface area contributed by atoms with Gasteiger partial charge in [0, 0.05) is 6.54 Å². The summed E-state index contributed by atoms with van der Waals surface area (Å²) in [5.41, 5.74) is 2.27. The van der Waals surface area contributed by atoms with E-state index in [0.29, 0.717) is 6.54 Å². The van der Waals surface area contributed by atoms with Crippen LogP contribution in [0.15, 0.2) is 60.7 Å². The predicted octanol–water partition coefficient (Wildman–Crippen LogP) is 3.09. The topological polar surface area (TPSA) is 49.3 Å². The zero-order valence-electron chi connectivity index (χ0n) is 11.5. The van der Waals surface area contributed by atoms with Gasteiger partial charge in [-0.25, -0.2) is 0 Å². The van der Waals surface area contributed by atoms with Crippen LogP contribution in [-0.2, 0) is 4.79 Å². The normalized spacial score (nSPS) is 12.3. The molecule has 0 bridgehead atoms. The van der Waals surface area contributed by atoms with Gasteiger partial charge >= 0.3 is 5.97 Å². The average Bonchev–Trinajstić information content (AvgIpc) is 2.49. The van der Waals surface area contributed by atoms with Crippen LogP contribution in [-0.4, -0.2) is 17.6 Å². The molecule has 2 aromatic carbocycles. The van der Waals surface area contributed by atoms with Crippen molar-refractivity contribution < 1.29 is 9.90 Å². The van der Waals surface area contributed by atoms with Crippen LogP contribution in [0.3, 0.4) is 0 Å². The SMILES string of the molecule is CC(CNC(c1ccccc1)c1ccccc1)C(=O)O. The molecule has 0 spiro atoms. The summed E-state index contributed by atoms with van der Waals surface area (Å²) in [5, 5.41) is 12.3. The summed E-state index contributed by atoms with van der Waals surface area (Å²) >= 11 is 0. The fourth-order valence-electron chi connectivity index (χ4n) is 2.10. The van der Waals surface area contributed by atoms with Gasteiger partial charge in [0.25, 0.3) is 0 Å². The third-order valence-corrected chi connectivity index (χ3v) is 3.32. The van der Waals surface area contributed by atoms with Crippen LogP contribution < -0.4 is 5.32 Å². The van der Waals surface area contributed by atoms with Crippen molar-refractivity contribution in [3.63, 3.8) is 0 Å². The Morgan fingerprint density at radius 3 is 1.85 bits per heavy atom. The lowest BCUT2D eigenvalue weighted by Gasteiger charge is -2.21. The molecule has 0 aliphatic heterocycles. The molecule has 1 unspecified atom stereocenters. The van der Waals surface area contributed by atoms with Gasteiger partial charge in [-0.15, -0.1) is 0 Å². The molecule has 20 heavy (non-hydrogen) atoms. The summed E-state index contributed by atoms with van der Waals surface area (Å²) in [6, 6.07) is 20.1. The zero-order chi connectivity index (χ0) is 14.4. The third-order valence-electron chi connectivity index (χ3n) is 3.32. The van der Waals surface area contributed by atoms with E-state index in [1.807, 2.05) is 36.4 Å². The Kier molecular flexibility index (Phi) is 4.91. The second-order valence-electron chi connectivity index (χ2n) is 4.90. The molecule has 0 fully saturated rings. The second kappa shape index (κ2) is 6.87. The molecule has 0 radical (unpaired) electrons. The van der Waals surface area contributed by atoms with Gasteiger partial charge in [-0.3, -0.25) is 4.79 Å². The highest BCUT2D eigenvalue weighted by Crippen LogP contribution is 2.21. The van der Waals surface area contributed by atoms with Crippen molar-refractivity contribution in [2.45, 2.75) is 13.0 Å². The van der Waals surface area contributed by atoms with Crippen LogP contribution >= 0.6 is 0 Å². The Balaban J connectivity index is 2.19. The van der Waals surface area contributed by atoms with Crippen molar-refractivity contribution in [3.8, 4) is 0 Å². The van der Waals surface area contributed by atoms with E-state index in [1.165, 1.54) is 0 Å². The van der Waals surface area contributed by atoms with Gasteiger partial charge in [0.15, 0.2) is 0 Å². The molecule has 2 rings (SSSR count). The largest absolute Gasteiger partial charge is 0.481 e. The molecule has 0 amide bonds. The molecule has 0 aliphatic rings. The number of carboxylic acid groups (broad SMARTS) is 1. The van der Waals surface area contributed by atoms with Crippen molar-refractivity contribution in [2.24, 2.45) is 5.92 Å². The summed E-state index contributed by atoms with van der Waals surface area (Å²) in [6.07, 6.45) is 0. The Hall–Kier alpha value is -2.13. The Morgan fingerprint density at radius 1 is 1.00 bits per heavy atom. The predicted molar refractivity (Wildman–Crippen MR) is 79.5 cm³/mol. The zero-order valence-corrected chi connectivity index (χ0v) is 11.5. The fourth-order valence-corrected chi connectivity index (χ4v) is 2.10. The monoisotopic (exact) mass is 269 g/mol. The number of hydrogen-bond acceptors (Lipinski definition) is 2. The number of hydrogen-bond donors (Lipinski definition) is 2. The van der Waals surface area contributed by atoms with Crippen LogP contribution in [0, 0.1) is 5.92 Å². The lowest BCUT2D eigenvalue weighted by molar-refractivity contribution is -0.140. The molecule has 0 aromatic heterocycles. The number of aliphatic carboxylic acids is 1. The highest BCUT2D eigenvalue weighted by atomic mass is 16.4. The molecule has 1 atom stereocenters. The third kappa shape index (κ3) is 3.68. The van der Waals surface area contributed by atoms with Crippen LogP contribution in [0.4, 0.5) is 0 Å². The summed E-state index contributed by atoms with van der Waals surface area (Å²) in [6.45, 7) is 2.15. The van der Waals surface area contributed by atoms with Crippen molar-refractivity contribution >= 4 is 5.97 Å². The maximum absolute atomic E-state index is 10.9. The number of benzene rings is 2. The molecule has 3 nitrogen and oxygen atoms in total. The second-order valence-corrected chi connectivity index (χ2v) is 4.90. The highest BCUT2D eigenvalue weighted by Gasteiger charge is 2.17. The van der Waals surface area contributed by atoms with E-state index in [9.17, 15) is 4.79 Å². The summed E-state index contributed by atoms with van der Waals surface area (Å²) < 4.78 is 0. The number of rotatable bonds is 6.